The molecule has 5 atom stereocenters. The summed E-state index contributed by atoms with van der Waals surface area (Å²) >= 11 is 7.30. The Morgan fingerprint density at radius 2 is 2.03 bits per heavy atom. The van der Waals surface area contributed by atoms with Gasteiger partial charge in [-0.3, -0.25) is 4.79 Å². The molecule has 1 aromatic carbocycles. The molecule has 2 heterocycles. The van der Waals surface area contributed by atoms with E-state index in [0.717, 1.165) is 41.4 Å². The van der Waals surface area contributed by atoms with Crippen molar-refractivity contribution in [3.63, 3.8) is 0 Å². The standard InChI is InChI=1S/C23H28N2O4S2/c1-3-24(15-9-5-4-6-10-15)23(30)31-12-14-8-7-11-16-18(14)20(22(28)29)25-19(16)17(13(2)26)21(25)27/h4-6,9-10,13-14,16-17,19,26H,3,7-8,11-12H2,1-2H3,(H,28,29)/t13-,14+,16+,17-,19-/m1/s1. The number of aliphatic hydroxyl groups is 1. The number of nitrogens with zero attached hydrogens (tertiary/aromatic N) is 2. The van der Waals surface area contributed by atoms with Gasteiger partial charge in [0.05, 0.1) is 18.1 Å². The van der Waals surface area contributed by atoms with Gasteiger partial charge in [0.25, 0.3) is 0 Å². The Hall–Kier alpha value is -1.90. The Bertz CT molecular complexity index is 917. The number of carboxylic acids is 1. The largest absolute Gasteiger partial charge is 0.477 e. The number of hydrogen-bond donors (Lipinski definition) is 2. The molecule has 3 aliphatic rings. The molecule has 0 bridgehead atoms. The Kier molecular flexibility index (Phi) is 6.42. The normalized spacial score (nSPS) is 28.0. The van der Waals surface area contributed by atoms with Crippen LogP contribution in [0.3, 0.4) is 0 Å². The number of hydrogen-bond acceptors (Lipinski definition) is 5. The molecule has 31 heavy (non-hydrogen) atoms. The average Bonchev–Trinajstić information content (AvgIpc) is 3.04. The second kappa shape index (κ2) is 8.92. The number of benzene rings is 1. The van der Waals surface area contributed by atoms with Gasteiger partial charge in [-0.05, 0) is 50.3 Å². The Morgan fingerprint density at radius 1 is 1.32 bits per heavy atom. The molecule has 8 heteroatoms. The quantitative estimate of drug-likeness (QED) is 0.497. The molecule has 1 amide bonds. The minimum atomic E-state index is -1.04. The van der Waals surface area contributed by atoms with Gasteiger partial charge in [0.2, 0.25) is 5.91 Å². The molecule has 6 nitrogen and oxygen atoms in total. The number of fused-ring (bicyclic) bond motifs is 3. The summed E-state index contributed by atoms with van der Waals surface area (Å²) in [6, 6.07) is 9.79. The molecule has 1 saturated carbocycles. The zero-order chi connectivity index (χ0) is 22.3. The van der Waals surface area contributed by atoms with Gasteiger partial charge in [0, 0.05) is 23.9 Å². The predicted molar refractivity (Wildman–Crippen MR) is 126 cm³/mol. The molecule has 0 unspecified atom stereocenters. The second-order valence-electron chi connectivity index (χ2n) is 8.47. The first-order chi connectivity index (χ1) is 14.9. The van der Waals surface area contributed by atoms with Gasteiger partial charge < -0.3 is 20.0 Å². The van der Waals surface area contributed by atoms with Gasteiger partial charge in [-0.25, -0.2) is 4.79 Å². The molecule has 4 rings (SSSR count). The molecule has 0 spiro atoms. The third-order valence-electron chi connectivity index (χ3n) is 6.76. The summed E-state index contributed by atoms with van der Waals surface area (Å²) in [5, 5.41) is 20.0. The van der Waals surface area contributed by atoms with Crippen LogP contribution in [0.25, 0.3) is 0 Å². The number of aliphatic carboxylic acids is 1. The van der Waals surface area contributed by atoms with E-state index >= 15 is 0 Å². The van der Waals surface area contributed by atoms with Crippen LogP contribution in [0.1, 0.15) is 33.1 Å². The van der Waals surface area contributed by atoms with Crippen LogP contribution in [0.15, 0.2) is 41.6 Å². The lowest BCUT2D eigenvalue weighted by Gasteiger charge is -2.47. The SMILES string of the molecule is CCN(C(=S)SC[C@@H]1CCC[C@H]2C1=C(C(=O)O)N1C(=O)[C@H]([C@@H](C)O)[C@@H]21)c1ccccc1. The topological polar surface area (TPSA) is 81.1 Å². The van der Waals surface area contributed by atoms with Crippen molar-refractivity contribution in [1.82, 2.24) is 4.90 Å². The lowest BCUT2D eigenvalue weighted by Crippen LogP contribution is -2.64. The summed E-state index contributed by atoms with van der Waals surface area (Å²) in [5.74, 6) is -1.03. The molecule has 166 valence electrons. The number of carbonyl (C=O) groups is 2. The van der Waals surface area contributed by atoms with Gasteiger partial charge in [-0.1, -0.05) is 48.6 Å². The zero-order valence-corrected chi connectivity index (χ0v) is 19.4. The highest BCUT2D eigenvalue weighted by atomic mass is 32.2. The highest BCUT2D eigenvalue weighted by molar-refractivity contribution is 8.23. The number of para-hydroxylation sites is 1. The van der Waals surface area contributed by atoms with Crippen molar-refractivity contribution in [3.05, 3.63) is 41.6 Å². The summed E-state index contributed by atoms with van der Waals surface area (Å²) in [4.78, 5) is 28.3. The second-order valence-corrected chi connectivity index (χ2v) is 10.1. The van der Waals surface area contributed by atoms with Crippen LogP contribution in [-0.4, -0.2) is 55.8 Å². The smallest absolute Gasteiger partial charge is 0.352 e. The van der Waals surface area contributed by atoms with Crippen molar-refractivity contribution in [3.8, 4) is 0 Å². The van der Waals surface area contributed by atoms with E-state index in [2.05, 4.69) is 11.8 Å². The van der Waals surface area contributed by atoms with Crippen LogP contribution >= 0.6 is 24.0 Å². The van der Waals surface area contributed by atoms with E-state index in [4.69, 9.17) is 12.2 Å². The molecule has 0 radical (unpaired) electrons. The first-order valence-electron chi connectivity index (χ1n) is 10.8. The minimum absolute atomic E-state index is 0.0210. The minimum Gasteiger partial charge on any atom is -0.477 e. The molecule has 1 aliphatic carbocycles. The van der Waals surface area contributed by atoms with E-state index in [-0.39, 0.29) is 29.5 Å². The van der Waals surface area contributed by atoms with E-state index in [1.165, 1.54) is 4.90 Å². The summed E-state index contributed by atoms with van der Waals surface area (Å²) in [6.45, 7) is 4.44. The highest BCUT2D eigenvalue weighted by Gasteiger charge is 2.62. The number of amides is 1. The van der Waals surface area contributed by atoms with Crippen LogP contribution in [-0.2, 0) is 9.59 Å². The maximum atomic E-state index is 12.6. The number of rotatable bonds is 6. The maximum absolute atomic E-state index is 12.6. The van der Waals surface area contributed by atoms with Crippen LogP contribution in [0.5, 0.6) is 0 Å². The zero-order valence-electron chi connectivity index (χ0n) is 17.7. The monoisotopic (exact) mass is 460 g/mol. The molecule has 2 fully saturated rings. The van der Waals surface area contributed by atoms with E-state index < -0.39 is 18.0 Å². The van der Waals surface area contributed by atoms with Crippen molar-refractivity contribution >= 4 is 45.9 Å². The van der Waals surface area contributed by atoms with Crippen LogP contribution in [0, 0.1) is 17.8 Å². The van der Waals surface area contributed by atoms with Crippen molar-refractivity contribution in [2.24, 2.45) is 17.8 Å². The Labute approximate surface area is 192 Å². The number of β-lactam (4-membered cyclic amide) rings is 1. The fourth-order valence-corrected chi connectivity index (χ4v) is 6.97. The third-order valence-corrected chi connectivity index (χ3v) is 8.37. The number of aliphatic hydroxyl groups excluding tert-OH is 1. The fraction of sp³-hybridized carbons (Fsp3) is 0.522. The lowest BCUT2D eigenvalue weighted by atomic mass is 9.70. The summed E-state index contributed by atoms with van der Waals surface area (Å²) in [6.07, 6.45) is 1.97. The number of thioether (sulfide) groups is 1. The molecular formula is C23H28N2O4S2. The Balaban J connectivity index is 1.54. The molecule has 2 aliphatic heterocycles. The van der Waals surface area contributed by atoms with E-state index in [0.29, 0.717) is 5.75 Å². The first-order valence-corrected chi connectivity index (χ1v) is 12.2. The number of anilines is 1. The summed E-state index contributed by atoms with van der Waals surface area (Å²) in [7, 11) is 0. The van der Waals surface area contributed by atoms with Crippen molar-refractivity contribution in [2.75, 3.05) is 17.2 Å². The van der Waals surface area contributed by atoms with Crippen LogP contribution in [0.2, 0.25) is 0 Å². The van der Waals surface area contributed by atoms with Crippen molar-refractivity contribution in [2.45, 2.75) is 45.3 Å². The molecule has 1 saturated heterocycles. The van der Waals surface area contributed by atoms with Gasteiger partial charge in [0.1, 0.15) is 10.0 Å². The van der Waals surface area contributed by atoms with Crippen LogP contribution < -0.4 is 4.90 Å². The average molecular weight is 461 g/mol. The predicted octanol–water partition coefficient (Wildman–Crippen LogP) is 3.51. The summed E-state index contributed by atoms with van der Waals surface area (Å²) in [5.41, 5.74) is 2.09. The number of carboxylic acid groups (broad SMARTS) is 1. The summed E-state index contributed by atoms with van der Waals surface area (Å²) < 4.78 is 0.771. The van der Waals surface area contributed by atoms with Crippen molar-refractivity contribution < 1.29 is 19.8 Å². The molecule has 0 aromatic heterocycles. The maximum Gasteiger partial charge on any atom is 0.352 e. The Morgan fingerprint density at radius 3 is 2.65 bits per heavy atom. The first kappa shape index (κ1) is 22.3. The van der Waals surface area contributed by atoms with Gasteiger partial charge >= 0.3 is 5.97 Å². The lowest BCUT2D eigenvalue weighted by molar-refractivity contribution is -0.163. The van der Waals surface area contributed by atoms with E-state index in [9.17, 15) is 19.8 Å². The van der Waals surface area contributed by atoms with Gasteiger partial charge in [0.15, 0.2) is 0 Å². The fourth-order valence-electron chi connectivity index (χ4n) is 5.45. The van der Waals surface area contributed by atoms with Crippen LogP contribution in [0.4, 0.5) is 5.69 Å². The van der Waals surface area contributed by atoms with E-state index in [1.54, 1.807) is 18.7 Å². The van der Waals surface area contributed by atoms with Crippen molar-refractivity contribution in [1.29, 1.82) is 0 Å². The van der Waals surface area contributed by atoms with E-state index in [1.807, 2.05) is 30.3 Å². The molecule has 1 aromatic rings. The molecule has 2 N–H and O–H groups in total. The van der Waals surface area contributed by atoms with Gasteiger partial charge in [-0.15, -0.1) is 0 Å². The third kappa shape index (κ3) is 3.79. The molecular weight excluding hydrogens is 432 g/mol. The number of thiocarbonyl (C=S) groups is 1. The van der Waals surface area contributed by atoms with Gasteiger partial charge in [-0.2, -0.15) is 0 Å². The highest BCUT2D eigenvalue weighted by Crippen LogP contribution is 2.54. The number of carbonyl (C=O) groups excluding carboxylic acids is 1.